The molecule has 1 rings (SSSR count). The zero-order chi connectivity index (χ0) is 15.2. The molecule has 0 aliphatic rings. The first-order chi connectivity index (χ1) is 9.43. The lowest BCUT2D eigenvalue weighted by molar-refractivity contribution is 0.149. The van der Waals surface area contributed by atoms with Gasteiger partial charge in [-0.15, -0.1) is 11.6 Å². The van der Waals surface area contributed by atoms with Gasteiger partial charge in [-0.2, -0.15) is 4.31 Å². The van der Waals surface area contributed by atoms with Crippen molar-refractivity contribution in [3.8, 4) is 0 Å². The number of benzene rings is 1. The van der Waals surface area contributed by atoms with Crippen LogP contribution in [0.15, 0.2) is 29.2 Å². The fourth-order valence-electron chi connectivity index (χ4n) is 1.85. The van der Waals surface area contributed by atoms with Gasteiger partial charge in [-0.1, -0.05) is 12.1 Å². The van der Waals surface area contributed by atoms with E-state index in [9.17, 15) is 8.42 Å². The molecule has 1 aromatic carbocycles. The van der Waals surface area contributed by atoms with Crippen LogP contribution in [0.25, 0.3) is 0 Å². The fraction of sp³-hybridized carbons (Fsp3) is 0.571. The van der Waals surface area contributed by atoms with Gasteiger partial charge < -0.3 is 4.74 Å². The van der Waals surface area contributed by atoms with E-state index in [0.29, 0.717) is 17.4 Å². The quantitative estimate of drug-likeness (QED) is 0.692. The molecule has 20 heavy (non-hydrogen) atoms. The van der Waals surface area contributed by atoms with Crippen LogP contribution in [0.4, 0.5) is 0 Å². The van der Waals surface area contributed by atoms with Crippen LogP contribution in [0, 0.1) is 0 Å². The lowest BCUT2D eigenvalue weighted by atomic mass is 10.1. The van der Waals surface area contributed by atoms with Gasteiger partial charge in [-0.25, -0.2) is 8.42 Å². The molecule has 1 unspecified atom stereocenters. The minimum absolute atomic E-state index is 0.207. The van der Waals surface area contributed by atoms with E-state index in [0.717, 1.165) is 18.4 Å². The Hall–Kier alpha value is -0.620. The average Bonchev–Trinajstić information content (AvgIpc) is 2.45. The van der Waals surface area contributed by atoms with Gasteiger partial charge in [0, 0.05) is 26.1 Å². The Kier molecular flexibility index (Phi) is 6.95. The van der Waals surface area contributed by atoms with Crippen LogP contribution in [0.5, 0.6) is 0 Å². The number of hydrogen-bond donors (Lipinski definition) is 0. The summed E-state index contributed by atoms with van der Waals surface area (Å²) in [6.07, 6.45) is 1.75. The molecule has 0 saturated heterocycles. The minimum Gasteiger partial charge on any atom is -0.383 e. The molecule has 0 N–H and O–H groups in total. The molecule has 0 aliphatic carbocycles. The van der Waals surface area contributed by atoms with E-state index in [1.54, 1.807) is 26.3 Å². The second-order valence-electron chi connectivity index (χ2n) is 4.76. The second kappa shape index (κ2) is 7.98. The monoisotopic (exact) mass is 319 g/mol. The van der Waals surface area contributed by atoms with Crippen molar-refractivity contribution < 1.29 is 13.2 Å². The van der Waals surface area contributed by atoms with Gasteiger partial charge in [-0.3, -0.25) is 0 Å². The molecule has 0 radical (unpaired) electrons. The van der Waals surface area contributed by atoms with Gasteiger partial charge in [0.05, 0.1) is 11.5 Å². The molecule has 4 nitrogen and oxygen atoms in total. The number of sulfonamides is 1. The third-order valence-electron chi connectivity index (χ3n) is 3.23. The van der Waals surface area contributed by atoms with Gasteiger partial charge in [0.2, 0.25) is 10.0 Å². The fourth-order valence-corrected chi connectivity index (χ4v) is 3.33. The number of aryl methyl sites for hydroxylation is 1. The van der Waals surface area contributed by atoms with E-state index in [-0.39, 0.29) is 6.04 Å². The molecule has 0 fully saturated rings. The molecule has 0 heterocycles. The number of rotatable bonds is 8. The van der Waals surface area contributed by atoms with E-state index in [2.05, 4.69) is 0 Å². The van der Waals surface area contributed by atoms with E-state index in [1.165, 1.54) is 4.31 Å². The second-order valence-corrected chi connectivity index (χ2v) is 7.14. The third kappa shape index (κ3) is 4.45. The first-order valence-corrected chi connectivity index (χ1v) is 8.52. The standard InChI is InChI=1S/C14H22ClNO3S/c1-12(11-19-3)16(2)20(17,18)14-8-6-13(7-9-14)5-4-10-15/h6-9,12H,4-5,10-11H2,1-3H3. The van der Waals surface area contributed by atoms with Crippen molar-refractivity contribution in [1.29, 1.82) is 0 Å². The molecule has 0 bridgehead atoms. The Morgan fingerprint density at radius 3 is 2.40 bits per heavy atom. The Morgan fingerprint density at radius 1 is 1.30 bits per heavy atom. The highest BCUT2D eigenvalue weighted by molar-refractivity contribution is 7.89. The highest BCUT2D eigenvalue weighted by Crippen LogP contribution is 2.18. The minimum atomic E-state index is -3.47. The number of likely N-dealkylation sites (N-methyl/N-ethyl adjacent to an activating group) is 1. The Labute approximate surface area is 126 Å². The summed E-state index contributed by atoms with van der Waals surface area (Å²) in [5.41, 5.74) is 1.09. The van der Waals surface area contributed by atoms with Gasteiger partial charge in [0.25, 0.3) is 0 Å². The van der Waals surface area contributed by atoms with Gasteiger partial charge in [0.15, 0.2) is 0 Å². The zero-order valence-electron chi connectivity index (χ0n) is 12.2. The Morgan fingerprint density at radius 2 is 1.90 bits per heavy atom. The lowest BCUT2D eigenvalue weighted by Gasteiger charge is -2.23. The van der Waals surface area contributed by atoms with E-state index in [1.807, 2.05) is 19.1 Å². The number of hydrogen-bond acceptors (Lipinski definition) is 3. The van der Waals surface area contributed by atoms with Crippen LogP contribution in [0.3, 0.4) is 0 Å². The van der Waals surface area contributed by atoms with E-state index >= 15 is 0 Å². The molecule has 0 amide bonds. The van der Waals surface area contributed by atoms with Crippen molar-refractivity contribution in [2.45, 2.75) is 30.7 Å². The smallest absolute Gasteiger partial charge is 0.243 e. The number of alkyl halides is 1. The summed E-state index contributed by atoms with van der Waals surface area (Å²) in [6, 6.07) is 6.77. The van der Waals surface area contributed by atoms with Crippen molar-refractivity contribution in [2.24, 2.45) is 0 Å². The normalized spacial score (nSPS) is 13.7. The van der Waals surface area contributed by atoms with Crippen molar-refractivity contribution in [3.63, 3.8) is 0 Å². The molecular formula is C14H22ClNO3S. The highest BCUT2D eigenvalue weighted by atomic mass is 35.5. The highest BCUT2D eigenvalue weighted by Gasteiger charge is 2.25. The first-order valence-electron chi connectivity index (χ1n) is 6.55. The van der Waals surface area contributed by atoms with Crippen LogP contribution in [0.2, 0.25) is 0 Å². The summed E-state index contributed by atoms with van der Waals surface area (Å²) in [6.45, 7) is 2.18. The van der Waals surface area contributed by atoms with Crippen molar-refractivity contribution in [3.05, 3.63) is 29.8 Å². The summed E-state index contributed by atoms with van der Waals surface area (Å²) in [5.74, 6) is 0.608. The van der Waals surface area contributed by atoms with Gasteiger partial charge in [-0.05, 0) is 37.5 Å². The summed E-state index contributed by atoms with van der Waals surface area (Å²) in [5, 5.41) is 0. The van der Waals surface area contributed by atoms with Crippen LogP contribution in [-0.4, -0.2) is 45.4 Å². The summed E-state index contributed by atoms with van der Waals surface area (Å²) < 4.78 is 31.2. The number of methoxy groups -OCH3 is 1. The molecule has 114 valence electrons. The molecule has 1 atom stereocenters. The molecular weight excluding hydrogens is 298 g/mol. The predicted octanol–water partition coefficient (Wildman–Crippen LogP) is 2.51. The summed E-state index contributed by atoms with van der Waals surface area (Å²) in [7, 11) is -0.342. The summed E-state index contributed by atoms with van der Waals surface area (Å²) in [4.78, 5) is 0.303. The topological polar surface area (TPSA) is 46.6 Å². The van der Waals surface area contributed by atoms with Crippen LogP contribution < -0.4 is 0 Å². The predicted molar refractivity (Wildman–Crippen MR) is 81.8 cm³/mol. The Balaban J connectivity index is 2.87. The maximum absolute atomic E-state index is 12.4. The van der Waals surface area contributed by atoms with Crippen molar-refractivity contribution in [2.75, 3.05) is 26.6 Å². The molecule has 0 saturated carbocycles. The van der Waals surface area contributed by atoms with Crippen molar-refractivity contribution >= 4 is 21.6 Å². The van der Waals surface area contributed by atoms with Gasteiger partial charge in [0.1, 0.15) is 0 Å². The number of ether oxygens (including phenoxy) is 1. The average molecular weight is 320 g/mol. The van der Waals surface area contributed by atoms with Gasteiger partial charge >= 0.3 is 0 Å². The van der Waals surface area contributed by atoms with Crippen LogP contribution >= 0.6 is 11.6 Å². The van der Waals surface area contributed by atoms with E-state index in [4.69, 9.17) is 16.3 Å². The number of nitrogens with zero attached hydrogens (tertiary/aromatic N) is 1. The molecule has 6 heteroatoms. The summed E-state index contributed by atoms with van der Waals surface area (Å²) >= 11 is 5.65. The number of halogens is 1. The van der Waals surface area contributed by atoms with Crippen LogP contribution in [-0.2, 0) is 21.2 Å². The third-order valence-corrected chi connectivity index (χ3v) is 5.48. The largest absolute Gasteiger partial charge is 0.383 e. The molecule has 0 aliphatic heterocycles. The Bertz CT molecular complexity index is 502. The molecule has 0 spiro atoms. The van der Waals surface area contributed by atoms with Crippen LogP contribution in [0.1, 0.15) is 18.9 Å². The zero-order valence-corrected chi connectivity index (χ0v) is 13.7. The van der Waals surface area contributed by atoms with Crippen molar-refractivity contribution in [1.82, 2.24) is 4.31 Å². The SMILES string of the molecule is COCC(C)N(C)S(=O)(=O)c1ccc(CCCCl)cc1. The lowest BCUT2D eigenvalue weighted by Crippen LogP contribution is -2.37. The maximum atomic E-state index is 12.4. The maximum Gasteiger partial charge on any atom is 0.243 e. The molecule has 1 aromatic rings. The first kappa shape index (κ1) is 17.4. The van der Waals surface area contributed by atoms with E-state index < -0.39 is 10.0 Å². The molecule has 0 aromatic heterocycles.